The molecule has 0 aliphatic carbocycles. The molecule has 19 heavy (non-hydrogen) atoms. The second kappa shape index (κ2) is 5.57. The first-order chi connectivity index (χ1) is 9.13. The van der Waals surface area contributed by atoms with Crippen molar-refractivity contribution in [3.8, 4) is 12.3 Å². The smallest absolute Gasteiger partial charge is 0.335 e. The molecule has 1 amide bonds. The highest BCUT2D eigenvalue weighted by atomic mass is 16.4. The van der Waals surface area contributed by atoms with E-state index in [-0.39, 0.29) is 5.91 Å². The number of carboxylic acids is 1. The van der Waals surface area contributed by atoms with Gasteiger partial charge >= 0.3 is 5.97 Å². The molecule has 0 atom stereocenters. The summed E-state index contributed by atoms with van der Waals surface area (Å²) in [5.41, 5.74) is 2.10. The number of carboxylic acid groups (broad SMARTS) is 1. The third kappa shape index (κ3) is 2.76. The lowest BCUT2D eigenvalue weighted by Gasteiger charge is -2.29. The van der Waals surface area contributed by atoms with Gasteiger partial charge in [0.05, 0.1) is 5.56 Å². The average molecular weight is 257 g/mol. The summed E-state index contributed by atoms with van der Waals surface area (Å²) in [6.45, 7) is 1.03. The van der Waals surface area contributed by atoms with Gasteiger partial charge in [0.15, 0.2) is 0 Å². The number of nitrogens with zero attached hydrogens (tertiary/aromatic N) is 1. The SMILES string of the molecule is C#CCCC(=O)N1CCc2c(cccc2C(=O)O)C1. The van der Waals surface area contributed by atoms with E-state index in [1.54, 1.807) is 17.0 Å². The maximum absolute atomic E-state index is 11.9. The Bertz CT molecular complexity index is 557. The Balaban J connectivity index is 2.17. The van der Waals surface area contributed by atoms with E-state index in [0.717, 1.165) is 11.1 Å². The third-order valence-corrected chi connectivity index (χ3v) is 3.33. The van der Waals surface area contributed by atoms with Gasteiger partial charge in [-0.05, 0) is 23.6 Å². The molecular weight excluding hydrogens is 242 g/mol. The maximum atomic E-state index is 11.9. The fraction of sp³-hybridized carbons (Fsp3) is 0.333. The van der Waals surface area contributed by atoms with Gasteiger partial charge in [0.2, 0.25) is 5.91 Å². The molecule has 1 aliphatic heterocycles. The van der Waals surface area contributed by atoms with Crippen LogP contribution < -0.4 is 0 Å². The van der Waals surface area contributed by atoms with Crippen LogP contribution in [-0.4, -0.2) is 28.4 Å². The van der Waals surface area contributed by atoms with Crippen molar-refractivity contribution in [2.45, 2.75) is 25.8 Å². The number of hydrogen-bond donors (Lipinski definition) is 1. The van der Waals surface area contributed by atoms with Crippen molar-refractivity contribution in [2.24, 2.45) is 0 Å². The summed E-state index contributed by atoms with van der Waals surface area (Å²) in [5.74, 6) is 1.57. The van der Waals surface area contributed by atoms with Crippen molar-refractivity contribution in [1.29, 1.82) is 0 Å². The summed E-state index contributed by atoms with van der Waals surface area (Å²) < 4.78 is 0. The van der Waals surface area contributed by atoms with Crippen LogP contribution >= 0.6 is 0 Å². The molecule has 98 valence electrons. The summed E-state index contributed by atoms with van der Waals surface area (Å²) in [5, 5.41) is 9.13. The van der Waals surface area contributed by atoms with Crippen LogP contribution in [0, 0.1) is 12.3 Å². The number of carbonyl (C=O) groups is 2. The largest absolute Gasteiger partial charge is 0.478 e. The number of benzene rings is 1. The van der Waals surface area contributed by atoms with Crippen LogP contribution in [0.3, 0.4) is 0 Å². The van der Waals surface area contributed by atoms with E-state index in [9.17, 15) is 9.59 Å². The van der Waals surface area contributed by atoms with Gasteiger partial charge in [-0.25, -0.2) is 4.79 Å². The van der Waals surface area contributed by atoms with Crippen molar-refractivity contribution in [1.82, 2.24) is 4.90 Å². The standard InChI is InChI=1S/C15H15NO3/c1-2-3-7-14(17)16-9-8-12-11(10-16)5-4-6-13(12)15(18)19/h1,4-6H,3,7-10H2,(H,18,19). The summed E-state index contributed by atoms with van der Waals surface area (Å²) >= 11 is 0. The molecule has 1 aliphatic rings. The Labute approximate surface area is 112 Å². The van der Waals surface area contributed by atoms with Crippen LogP contribution in [-0.2, 0) is 17.8 Å². The minimum absolute atomic E-state index is 0.0318. The normalized spacial score (nSPS) is 13.5. The summed E-state index contributed by atoms with van der Waals surface area (Å²) in [6.07, 6.45) is 6.53. The van der Waals surface area contributed by atoms with E-state index in [4.69, 9.17) is 11.5 Å². The minimum atomic E-state index is -0.913. The second-order valence-corrected chi connectivity index (χ2v) is 4.52. The highest BCUT2D eigenvalue weighted by molar-refractivity contribution is 5.90. The van der Waals surface area contributed by atoms with Gasteiger partial charge in [-0.3, -0.25) is 4.79 Å². The number of rotatable bonds is 3. The van der Waals surface area contributed by atoms with Crippen LogP contribution in [0.5, 0.6) is 0 Å². The van der Waals surface area contributed by atoms with Crippen LogP contribution in [0.15, 0.2) is 18.2 Å². The number of terminal acetylenes is 1. The average Bonchev–Trinajstić information content (AvgIpc) is 2.43. The van der Waals surface area contributed by atoms with Gasteiger partial charge in [0.25, 0.3) is 0 Å². The van der Waals surface area contributed by atoms with Gasteiger partial charge in [-0.15, -0.1) is 12.3 Å². The lowest BCUT2D eigenvalue weighted by Crippen LogP contribution is -2.36. The maximum Gasteiger partial charge on any atom is 0.335 e. The predicted molar refractivity (Wildman–Crippen MR) is 70.6 cm³/mol. The van der Waals surface area contributed by atoms with Crippen molar-refractivity contribution in [2.75, 3.05) is 6.54 Å². The fourth-order valence-corrected chi connectivity index (χ4v) is 2.36. The zero-order chi connectivity index (χ0) is 13.8. The molecule has 0 spiro atoms. The Morgan fingerprint density at radius 2 is 2.21 bits per heavy atom. The Morgan fingerprint density at radius 3 is 2.89 bits per heavy atom. The first-order valence-corrected chi connectivity index (χ1v) is 6.18. The van der Waals surface area contributed by atoms with E-state index in [1.807, 2.05) is 6.07 Å². The lowest BCUT2D eigenvalue weighted by molar-refractivity contribution is -0.132. The van der Waals surface area contributed by atoms with Crippen LogP contribution in [0.4, 0.5) is 0 Å². The van der Waals surface area contributed by atoms with Crippen LogP contribution in [0.25, 0.3) is 0 Å². The van der Waals surface area contributed by atoms with Crippen molar-refractivity contribution in [3.63, 3.8) is 0 Å². The molecule has 0 unspecified atom stereocenters. The number of aromatic carboxylic acids is 1. The minimum Gasteiger partial charge on any atom is -0.478 e. The Kier molecular flexibility index (Phi) is 3.86. The van der Waals surface area contributed by atoms with Crippen LogP contribution in [0.1, 0.15) is 34.3 Å². The Morgan fingerprint density at radius 1 is 1.42 bits per heavy atom. The van der Waals surface area contributed by atoms with E-state index < -0.39 is 5.97 Å². The highest BCUT2D eigenvalue weighted by Crippen LogP contribution is 2.23. The van der Waals surface area contributed by atoms with Crippen molar-refractivity contribution < 1.29 is 14.7 Å². The van der Waals surface area contributed by atoms with E-state index in [2.05, 4.69) is 5.92 Å². The molecule has 1 aromatic carbocycles. The first-order valence-electron chi connectivity index (χ1n) is 6.18. The molecule has 4 heteroatoms. The molecule has 0 bridgehead atoms. The monoisotopic (exact) mass is 257 g/mol. The van der Waals surface area contributed by atoms with Gasteiger partial charge in [-0.1, -0.05) is 12.1 Å². The predicted octanol–water partition coefficient (Wildman–Crippen LogP) is 1.68. The van der Waals surface area contributed by atoms with Crippen LogP contribution in [0.2, 0.25) is 0 Å². The van der Waals surface area contributed by atoms with Crippen molar-refractivity contribution >= 4 is 11.9 Å². The molecule has 2 rings (SSSR count). The number of carbonyl (C=O) groups excluding carboxylic acids is 1. The molecule has 0 radical (unpaired) electrons. The van der Waals surface area contributed by atoms with Gasteiger partial charge < -0.3 is 10.0 Å². The molecule has 0 saturated carbocycles. The molecule has 1 N–H and O–H groups in total. The third-order valence-electron chi connectivity index (χ3n) is 3.33. The molecule has 0 fully saturated rings. The molecule has 0 saturated heterocycles. The molecule has 1 aromatic rings. The summed E-state index contributed by atoms with van der Waals surface area (Å²) in [4.78, 5) is 24.8. The van der Waals surface area contributed by atoms with Gasteiger partial charge in [-0.2, -0.15) is 0 Å². The zero-order valence-corrected chi connectivity index (χ0v) is 10.6. The molecule has 0 aromatic heterocycles. The first kappa shape index (κ1) is 13.2. The lowest BCUT2D eigenvalue weighted by atomic mass is 9.94. The van der Waals surface area contributed by atoms with Gasteiger partial charge in [0, 0.05) is 25.9 Å². The number of fused-ring (bicyclic) bond motifs is 1. The quantitative estimate of drug-likeness (QED) is 0.838. The van der Waals surface area contributed by atoms with E-state index in [1.165, 1.54) is 0 Å². The summed E-state index contributed by atoms with van der Waals surface area (Å²) in [7, 11) is 0. The second-order valence-electron chi connectivity index (χ2n) is 4.52. The highest BCUT2D eigenvalue weighted by Gasteiger charge is 2.23. The molecule has 4 nitrogen and oxygen atoms in total. The number of hydrogen-bond acceptors (Lipinski definition) is 2. The fourth-order valence-electron chi connectivity index (χ4n) is 2.36. The van der Waals surface area contributed by atoms with E-state index in [0.29, 0.717) is 37.9 Å². The van der Waals surface area contributed by atoms with Crippen molar-refractivity contribution in [3.05, 3.63) is 34.9 Å². The molecule has 1 heterocycles. The zero-order valence-electron chi connectivity index (χ0n) is 10.6. The Hall–Kier alpha value is -2.28. The van der Waals surface area contributed by atoms with Gasteiger partial charge in [0.1, 0.15) is 0 Å². The topological polar surface area (TPSA) is 57.6 Å². The molecular formula is C15H15NO3. The summed E-state index contributed by atoms with van der Waals surface area (Å²) in [6, 6.07) is 5.21. The van der Waals surface area contributed by atoms with E-state index >= 15 is 0 Å². The number of amides is 1.